The van der Waals surface area contributed by atoms with Crippen LogP contribution in [0.25, 0.3) is 0 Å². The van der Waals surface area contributed by atoms with Crippen LogP contribution in [0.3, 0.4) is 0 Å². The average Bonchev–Trinajstić information content (AvgIpc) is 2.91. The van der Waals surface area contributed by atoms with Crippen LogP contribution >= 0.6 is 0 Å². The van der Waals surface area contributed by atoms with Crippen molar-refractivity contribution in [1.82, 2.24) is 15.1 Å². The Labute approximate surface area is 130 Å². The molecule has 0 saturated carbocycles. The molecule has 0 aliphatic heterocycles. The number of likely N-dealkylation sites (N-methyl/N-ethyl adjacent to an activating group) is 1. The van der Waals surface area contributed by atoms with Crippen LogP contribution in [0.4, 0.5) is 5.82 Å². The molecular formula is C17H20N4O. The first kappa shape index (κ1) is 14.7. The molecule has 1 N–H and O–H groups in total. The molecule has 1 heterocycles. The van der Waals surface area contributed by atoms with E-state index in [1.807, 2.05) is 7.05 Å². The van der Waals surface area contributed by atoms with Gasteiger partial charge in [-0.05, 0) is 49.1 Å². The van der Waals surface area contributed by atoms with Crippen molar-refractivity contribution in [3.05, 3.63) is 53.7 Å². The second kappa shape index (κ2) is 6.66. The van der Waals surface area contributed by atoms with Crippen LogP contribution in [0.5, 0.6) is 0 Å². The molecular weight excluding hydrogens is 276 g/mol. The molecule has 114 valence electrons. The highest BCUT2D eigenvalue weighted by molar-refractivity contribution is 5.91. The second-order valence-corrected chi connectivity index (χ2v) is 5.79. The highest BCUT2D eigenvalue weighted by Gasteiger charge is 2.23. The van der Waals surface area contributed by atoms with E-state index < -0.39 is 0 Å². The number of carbonyl (C=O) groups excluding carboxylic acids is 1. The smallest absolute Gasteiger partial charge is 0.239 e. The summed E-state index contributed by atoms with van der Waals surface area (Å²) in [6, 6.07) is 12.1. The van der Waals surface area contributed by atoms with Gasteiger partial charge in [-0.2, -0.15) is 5.10 Å². The van der Waals surface area contributed by atoms with E-state index in [4.69, 9.17) is 0 Å². The number of rotatable bonds is 5. The number of amides is 1. The van der Waals surface area contributed by atoms with E-state index in [1.165, 1.54) is 11.1 Å². The molecule has 1 unspecified atom stereocenters. The molecule has 1 aromatic carbocycles. The second-order valence-electron chi connectivity index (χ2n) is 5.79. The Kier molecular flexibility index (Phi) is 4.44. The van der Waals surface area contributed by atoms with Crippen molar-refractivity contribution in [3.63, 3.8) is 0 Å². The number of hydrogen-bond acceptors (Lipinski definition) is 4. The summed E-state index contributed by atoms with van der Waals surface area (Å²) < 4.78 is 0. The lowest BCUT2D eigenvalue weighted by Crippen LogP contribution is -2.33. The Balaban J connectivity index is 1.53. The Morgan fingerprint density at radius 3 is 3.00 bits per heavy atom. The normalized spacial score (nSPS) is 16.5. The number of aryl methyl sites for hydroxylation is 1. The lowest BCUT2D eigenvalue weighted by Gasteiger charge is -2.21. The number of nitrogens with one attached hydrogen (secondary N) is 1. The standard InChI is InChI=1S/C17H20N4O/c1-21(12-17(22)19-16-7-4-10-18-20-16)11-14-9-8-13-5-2-3-6-15(13)14/h2-7,10,14H,8-9,11-12H2,1H3,(H,19,20,22). The van der Waals surface area contributed by atoms with Crippen LogP contribution in [-0.2, 0) is 11.2 Å². The third kappa shape index (κ3) is 3.49. The SMILES string of the molecule is CN(CC(=O)Nc1cccnn1)CC1CCc2ccccc21. The number of hydrogen-bond donors (Lipinski definition) is 1. The molecule has 1 aliphatic rings. The Bertz CT molecular complexity index is 644. The van der Waals surface area contributed by atoms with Gasteiger partial charge in [-0.3, -0.25) is 9.69 Å². The van der Waals surface area contributed by atoms with Crippen molar-refractivity contribution in [2.45, 2.75) is 18.8 Å². The number of nitrogens with zero attached hydrogens (tertiary/aromatic N) is 3. The third-order valence-electron chi connectivity index (χ3n) is 4.04. The molecule has 3 rings (SSSR count). The zero-order valence-electron chi connectivity index (χ0n) is 12.7. The van der Waals surface area contributed by atoms with Crippen LogP contribution < -0.4 is 5.32 Å². The molecule has 0 fully saturated rings. The molecule has 1 atom stereocenters. The van der Waals surface area contributed by atoms with Gasteiger partial charge in [0.25, 0.3) is 0 Å². The van der Waals surface area contributed by atoms with Gasteiger partial charge < -0.3 is 5.32 Å². The maximum absolute atomic E-state index is 12.0. The third-order valence-corrected chi connectivity index (χ3v) is 4.04. The van der Waals surface area contributed by atoms with E-state index in [0.717, 1.165) is 19.4 Å². The van der Waals surface area contributed by atoms with E-state index in [1.54, 1.807) is 18.3 Å². The summed E-state index contributed by atoms with van der Waals surface area (Å²) in [5, 5.41) is 10.4. The van der Waals surface area contributed by atoms with E-state index in [2.05, 4.69) is 44.7 Å². The van der Waals surface area contributed by atoms with Gasteiger partial charge in [0.2, 0.25) is 5.91 Å². The first-order chi connectivity index (χ1) is 10.7. The molecule has 1 aliphatic carbocycles. The van der Waals surface area contributed by atoms with E-state index in [-0.39, 0.29) is 5.91 Å². The minimum Gasteiger partial charge on any atom is -0.308 e. The zero-order valence-corrected chi connectivity index (χ0v) is 12.7. The van der Waals surface area contributed by atoms with Gasteiger partial charge in [0.15, 0.2) is 5.82 Å². The monoisotopic (exact) mass is 296 g/mol. The molecule has 2 aromatic rings. The maximum Gasteiger partial charge on any atom is 0.239 e. The largest absolute Gasteiger partial charge is 0.308 e. The first-order valence-electron chi connectivity index (χ1n) is 7.56. The number of anilines is 1. The zero-order chi connectivity index (χ0) is 15.4. The summed E-state index contributed by atoms with van der Waals surface area (Å²) in [5.41, 5.74) is 2.88. The maximum atomic E-state index is 12.0. The number of benzene rings is 1. The fourth-order valence-corrected chi connectivity index (χ4v) is 3.07. The van der Waals surface area contributed by atoms with Gasteiger partial charge in [0, 0.05) is 12.7 Å². The van der Waals surface area contributed by atoms with Gasteiger partial charge >= 0.3 is 0 Å². The first-order valence-corrected chi connectivity index (χ1v) is 7.56. The predicted octanol–water partition coefficient (Wildman–Crippen LogP) is 2.08. The molecule has 1 aromatic heterocycles. The minimum atomic E-state index is -0.0608. The van der Waals surface area contributed by atoms with Gasteiger partial charge in [0.1, 0.15) is 0 Å². The van der Waals surface area contributed by atoms with Gasteiger partial charge in [-0.25, -0.2) is 0 Å². The predicted molar refractivity (Wildman–Crippen MR) is 85.7 cm³/mol. The summed E-state index contributed by atoms with van der Waals surface area (Å²) in [6.07, 6.45) is 3.88. The lowest BCUT2D eigenvalue weighted by molar-refractivity contribution is -0.117. The quantitative estimate of drug-likeness (QED) is 0.917. The summed E-state index contributed by atoms with van der Waals surface area (Å²) in [4.78, 5) is 14.1. The van der Waals surface area contributed by atoms with Crippen LogP contribution in [0.2, 0.25) is 0 Å². The molecule has 5 heteroatoms. The highest BCUT2D eigenvalue weighted by Crippen LogP contribution is 2.33. The summed E-state index contributed by atoms with van der Waals surface area (Å²) in [5.74, 6) is 0.951. The lowest BCUT2D eigenvalue weighted by atomic mass is 10.0. The fraction of sp³-hybridized carbons (Fsp3) is 0.353. The van der Waals surface area contributed by atoms with Crippen molar-refractivity contribution in [1.29, 1.82) is 0 Å². The number of carbonyl (C=O) groups is 1. The number of aromatic nitrogens is 2. The van der Waals surface area contributed by atoms with E-state index in [9.17, 15) is 4.79 Å². The molecule has 1 amide bonds. The molecule has 0 radical (unpaired) electrons. The van der Waals surface area contributed by atoms with Crippen LogP contribution in [0.15, 0.2) is 42.6 Å². The summed E-state index contributed by atoms with van der Waals surface area (Å²) in [6.45, 7) is 1.25. The fourth-order valence-electron chi connectivity index (χ4n) is 3.07. The summed E-state index contributed by atoms with van der Waals surface area (Å²) in [7, 11) is 1.98. The van der Waals surface area contributed by atoms with Crippen LogP contribution in [0, 0.1) is 0 Å². The van der Waals surface area contributed by atoms with Crippen molar-refractivity contribution in [3.8, 4) is 0 Å². The Hall–Kier alpha value is -2.27. The molecule has 22 heavy (non-hydrogen) atoms. The number of fused-ring (bicyclic) bond motifs is 1. The average molecular weight is 296 g/mol. The van der Waals surface area contributed by atoms with Crippen LogP contribution in [-0.4, -0.2) is 41.1 Å². The van der Waals surface area contributed by atoms with Crippen molar-refractivity contribution >= 4 is 11.7 Å². The Morgan fingerprint density at radius 1 is 1.32 bits per heavy atom. The van der Waals surface area contributed by atoms with Gasteiger partial charge in [-0.1, -0.05) is 24.3 Å². The van der Waals surface area contributed by atoms with Gasteiger partial charge in [-0.15, -0.1) is 5.10 Å². The van der Waals surface area contributed by atoms with Crippen molar-refractivity contribution in [2.75, 3.05) is 25.5 Å². The van der Waals surface area contributed by atoms with Crippen molar-refractivity contribution < 1.29 is 4.79 Å². The topological polar surface area (TPSA) is 58.1 Å². The minimum absolute atomic E-state index is 0.0608. The highest BCUT2D eigenvalue weighted by atomic mass is 16.2. The van der Waals surface area contributed by atoms with Crippen molar-refractivity contribution in [2.24, 2.45) is 0 Å². The van der Waals surface area contributed by atoms with Gasteiger partial charge in [0.05, 0.1) is 6.54 Å². The molecule has 5 nitrogen and oxygen atoms in total. The molecule has 0 saturated heterocycles. The molecule has 0 spiro atoms. The van der Waals surface area contributed by atoms with Crippen LogP contribution in [0.1, 0.15) is 23.5 Å². The molecule has 0 bridgehead atoms. The van der Waals surface area contributed by atoms with E-state index >= 15 is 0 Å². The van der Waals surface area contributed by atoms with E-state index in [0.29, 0.717) is 18.3 Å². The summed E-state index contributed by atoms with van der Waals surface area (Å²) >= 11 is 0. The Morgan fingerprint density at radius 2 is 2.18 bits per heavy atom.